The number of halogens is 1. The Balaban J connectivity index is 0.00000220. The molecule has 0 spiro atoms. The molecule has 4 nitrogen and oxygen atoms in total. The van der Waals surface area contributed by atoms with E-state index in [1.54, 1.807) is 7.11 Å². The Morgan fingerprint density at radius 3 is 2.43 bits per heavy atom. The largest absolute Gasteiger partial charge is 0.497 e. The first kappa shape index (κ1) is 17.8. The van der Waals surface area contributed by atoms with E-state index >= 15 is 0 Å². The van der Waals surface area contributed by atoms with Gasteiger partial charge in [0.25, 0.3) is 0 Å². The predicted octanol–water partition coefficient (Wildman–Crippen LogP) is 2.54. The van der Waals surface area contributed by atoms with Crippen molar-refractivity contribution in [2.75, 3.05) is 20.7 Å². The van der Waals surface area contributed by atoms with Crippen molar-refractivity contribution >= 4 is 18.3 Å². The first-order valence-electron chi connectivity index (χ1n) is 7.24. The molecule has 2 N–H and O–H groups in total. The summed E-state index contributed by atoms with van der Waals surface area (Å²) in [7, 11) is 3.53. The van der Waals surface area contributed by atoms with E-state index < -0.39 is 0 Å². The van der Waals surface area contributed by atoms with Crippen LogP contribution in [0.2, 0.25) is 0 Å². The minimum Gasteiger partial charge on any atom is -0.497 e. The molecule has 1 aliphatic rings. The highest BCUT2D eigenvalue weighted by Gasteiger charge is 2.34. The van der Waals surface area contributed by atoms with Crippen LogP contribution in [0.4, 0.5) is 0 Å². The summed E-state index contributed by atoms with van der Waals surface area (Å²) in [6.07, 6.45) is 2.38. The van der Waals surface area contributed by atoms with Gasteiger partial charge in [-0.15, -0.1) is 12.4 Å². The Labute approximate surface area is 133 Å². The van der Waals surface area contributed by atoms with E-state index in [2.05, 4.69) is 10.6 Å². The monoisotopic (exact) mass is 312 g/mol. The molecule has 2 atom stereocenters. The molecule has 0 aliphatic heterocycles. The average Bonchev–Trinajstić information content (AvgIpc) is 3.29. The van der Waals surface area contributed by atoms with Crippen LogP contribution in [0, 0.1) is 11.8 Å². The third-order valence-corrected chi connectivity index (χ3v) is 3.82. The number of carbonyl (C=O) groups excluding carboxylic acids is 1. The van der Waals surface area contributed by atoms with Gasteiger partial charge >= 0.3 is 0 Å². The van der Waals surface area contributed by atoms with E-state index in [0.717, 1.165) is 5.75 Å². The zero-order valence-electron chi connectivity index (χ0n) is 12.9. The van der Waals surface area contributed by atoms with Crippen molar-refractivity contribution < 1.29 is 9.53 Å². The molecule has 1 aliphatic carbocycles. The smallest absolute Gasteiger partial charge is 0.224 e. The van der Waals surface area contributed by atoms with Gasteiger partial charge in [0.15, 0.2) is 0 Å². The molecule has 0 aromatic heterocycles. The van der Waals surface area contributed by atoms with Gasteiger partial charge in [-0.3, -0.25) is 4.79 Å². The maximum Gasteiger partial charge on any atom is 0.224 e. The van der Waals surface area contributed by atoms with Crippen molar-refractivity contribution in [3.8, 4) is 5.75 Å². The number of methoxy groups -OCH3 is 1. The molecule has 0 heterocycles. The minimum atomic E-state index is -0.0144. The van der Waals surface area contributed by atoms with Gasteiger partial charge in [0.2, 0.25) is 5.91 Å². The van der Waals surface area contributed by atoms with Crippen LogP contribution in [0.15, 0.2) is 24.3 Å². The van der Waals surface area contributed by atoms with Gasteiger partial charge in [-0.25, -0.2) is 0 Å². The maximum atomic E-state index is 12.2. The SMILES string of the molecule is CNCC(C)C(=O)NC(c1ccc(OC)cc1)C1CC1.Cl. The number of nitrogens with one attached hydrogen (secondary N) is 2. The lowest BCUT2D eigenvalue weighted by molar-refractivity contribution is -0.125. The number of rotatable bonds is 7. The van der Waals surface area contributed by atoms with Crippen LogP contribution >= 0.6 is 12.4 Å². The Bertz CT molecular complexity index is 446. The second kappa shape index (κ2) is 8.25. The number of hydrogen-bond acceptors (Lipinski definition) is 3. The van der Waals surface area contributed by atoms with Crippen LogP contribution in [0.3, 0.4) is 0 Å². The van der Waals surface area contributed by atoms with E-state index in [9.17, 15) is 4.79 Å². The second-order valence-electron chi connectivity index (χ2n) is 5.56. The normalized spacial score (nSPS) is 16.5. The Morgan fingerprint density at radius 2 is 1.95 bits per heavy atom. The average molecular weight is 313 g/mol. The van der Waals surface area contributed by atoms with E-state index in [1.165, 1.54) is 18.4 Å². The molecule has 2 rings (SSSR count). The van der Waals surface area contributed by atoms with Crippen LogP contribution in [-0.2, 0) is 4.79 Å². The molecule has 1 amide bonds. The molecule has 5 heteroatoms. The van der Waals surface area contributed by atoms with Crippen molar-refractivity contribution in [1.29, 1.82) is 0 Å². The highest BCUT2D eigenvalue weighted by molar-refractivity contribution is 5.85. The number of benzene rings is 1. The first-order chi connectivity index (χ1) is 9.65. The summed E-state index contributed by atoms with van der Waals surface area (Å²) in [5.74, 6) is 1.53. The zero-order valence-corrected chi connectivity index (χ0v) is 13.7. The summed E-state index contributed by atoms with van der Waals surface area (Å²) in [5, 5.41) is 6.24. The Morgan fingerprint density at radius 1 is 1.33 bits per heavy atom. The first-order valence-corrected chi connectivity index (χ1v) is 7.24. The Hall–Kier alpha value is -1.26. The molecule has 21 heavy (non-hydrogen) atoms. The number of ether oxygens (including phenoxy) is 1. The fraction of sp³-hybridized carbons (Fsp3) is 0.562. The zero-order chi connectivity index (χ0) is 14.5. The van der Waals surface area contributed by atoms with Gasteiger partial charge in [0, 0.05) is 12.5 Å². The number of hydrogen-bond donors (Lipinski definition) is 2. The van der Waals surface area contributed by atoms with Gasteiger partial charge < -0.3 is 15.4 Å². The highest BCUT2D eigenvalue weighted by atomic mass is 35.5. The van der Waals surface area contributed by atoms with Crippen molar-refractivity contribution in [1.82, 2.24) is 10.6 Å². The van der Waals surface area contributed by atoms with Gasteiger partial charge in [-0.1, -0.05) is 19.1 Å². The summed E-state index contributed by atoms with van der Waals surface area (Å²) in [6, 6.07) is 8.13. The second-order valence-corrected chi connectivity index (χ2v) is 5.56. The predicted molar refractivity (Wildman–Crippen MR) is 86.9 cm³/mol. The molecule has 1 fully saturated rings. The van der Waals surface area contributed by atoms with Crippen molar-refractivity contribution in [3.63, 3.8) is 0 Å². The molecule has 0 radical (unpaired) electrons. The molecule has 118 valence electrons. The van der Waals surface area contributed by atoms with E-state index in [4.69, 9.17) is 4.74 Å². The van der Waals surface area contributed by atoms with E-state index in [0.29, 0.717) is 12.5 Å². The lowest BCUT2D eigenvalue weighted by Crippen LogP contribution is -2.37. The summed E-state index contributed by atoms with van der Waals surface area (Å²) in [4.78, 5) is 12.2. The summed E-state index contributed by atoms with van der Waals surface area (Å²) < 4.78 is 5.18. The van der Waals surface area contributed by atoms with Crippen molar-refractivity contribution in [2.45, 2.75) is 25.8 Å². The number of carbonyl (C=O) groups is 1. The van der Waals surface area contributed by atoms with Crippen LogP contribution in [0.1, 0.15) is 31.4 Å². The summed E-state index contributed by atoms with van der Waals surface area (Å²) in [6.45, 7) is 2.65. The molecule has 1 aromatic carbocycles. The van der Waals surface area contributed by atoms with Crippen molar-refractivity contribution in [2.24, 2.45) is 11.8 Å². The Kier molecular flexibility index (Phi) is 6.99. The highest BCUT2D eigenvalue weighted by Crippen LogP contribution is 2.41. The fourth-order valence-electron chi connectivity index (χ4n) is 2.41. The molecular weight excluding hydrogens is 288 g/mol. The standard InChI is InChI=1S/C16H24N2O2.ClH/c1-11(10-17-2)16(19)18-15(12-4-5-12)13-6-8-14(20-3)9-7-13;/h6-9,11-12,15,17H,4-5,10H2,1-3H3,(H,18,19);1H. The minimum absolute atomic E-state index is 0. The van der Waals surface area contributed by atoms with Crippen LogP contribution in [-0.4, -0.2) is 26.6 Å². The van der Waals surface area contributed by atoms with Crippen molar-refractivity contribution in [3.05, 3.63) is 29.8 Å². The molecular formula is C16H25ClN2O2. The summed E-state index contributed by atoms with van der Waals surface area (Å²) >= 11 is 0. The maximum absolute atomic E-state index is 12.2. The van der Waals surface area contributed by atoms with Gasteiger partial charge in [-0.2, -0.15) is 0 Å². The molecule has 0 bridgehead atoms. The van der Waals surface area contributed by atoms with Gasteiger partial charge in [-0.05, 0) is 43.5 Å². The van der Waals surface area contributed by atoms with Crippen LogP contribution < -0.4 is 15.4 Å². The number of amides is 1. The molecule has 1 aromatic rings. The topological polar surface area (TPSA) is 50.4 Å². The van der Waals surface area contributed by atoms with Crippen LogP contribution in [0.5, 0.6) is 5.75 Å². The third kappa shape index (κ3) is 4.90. The molecule has 1 saturated carbocycles. The van der Waals surface area contributed by atoms with Crippen LogP contribution in [0.25, 0.3) is 0 Å². The van der Waals surface area contributed by atoms with E-state index in [1.807, 2.05) is 38.2 Å². The summed E-state index contributed by atoms with van der Waals surface area (Å²) in [5.41, 5.74) is 1.17. The lowest BCUT2D eigenvalue weighted by Gasteiger charge is -2.21. The molecule has 2 unspecified atom stereocenters. The molecule has 0 saturated heterocycles. The quantitative estimate of drug-likeness (QED) is 0.813. The fourth-order valence-corrected chi connectivity index (χ4v) is 2.41. The van der Waals surface area contributed by atoms with E-state index in [-0.39, 0.29) is 30.3 Å². The third-order valence-electron chi connectivity index (χ3n) is 3.82. The lowest BCUT2D eigenvalue weighted by atomic mass is 10.0. The van der Waals surface area contributed by atoms with Gasteiger partial charge in [0.05, 0.1) is 13.2 Å². The van der Waals surface area contributed by atoms with Gasteiger partial charge in [0.1, 0.15) is 5.75 Å².